The van der Waals surface area contributed by atoms with E-state index in [4.69, 9.17) is 14.5 Å². The molecule has 1 N–H and O–H groups in total. The van der Waals surface area contributed by atoms with Crippen molar-refractivity contribution in [3.63, 3.8) is 0 Å². The van der Waals surface area contributed by atoms with Gasteiger partial charge in [-0.25, -0.2) is 9.97 Å². The molecule has 0 radical (unpaired) electrons. The number of fused-ring (bicyclic) bond motifs is 4. The van der Waals surface area contributed by atoms with Crippen molar-refractivity contribution < 1.29 is 9.47 Å². The van der Waals surface area contributed by atoms with Crippen LogP contribution in [-0.4, -0.2) is 29.2 Å². The summed E-state index contributed by atoms with van der Waals surface area (Å²) in [6, 6.07) is 11.7. The summed E-state index contributed by atoms with van der Waals surface area (Å²) >= 11 is 0. The van der Waals surface area contributed by atoms with Crippen molar-refractivity contribution >= 4 is 33.1 Å². The maximum absolute atomic E-state index is 5.32. The van der Waals surface area contributed by atoms with Crippen LogP contribution in [0.5, 0.6) is 11.5 Å². The van der Waals surface area contributed by atoms with Gasteiger partial charge in [-0.05, 0) is 6.07 Å². The first kappa shape index (κ1) is 12.0. The number of benzene rings is 2. The van der Waals surface area contributed by atoms with Gasteiger partial charge in [-0.1, -0.05) is 18.2 Å². The Hall–Kier alpha value is -2.82. The van der Waals surface area contributed by atoms with Crippen LogP contribution in [0, 0.1) is 0 Å². The Morgan fingerprint density at radius 1 is 0.905 bits per heavy atom. The smallest absolute Gasteiger partial charge is 0.163 e. The van der Waals surface area contributed by atoms with Gasteiger partial charge in [0.25, 0.3) is 0 Å². The third-order valence-corrected chi connectivity index (χ3v) is 3.60. The first-order valence-corrected chi connectivity index (χ1v) is 6.60. The van der Waals surface area contributed by atoms with Gasteiger partial charge >= 0.3 is 0 Å². The maximum Gasteiger partial charge on any atom is 0.163 e. The first-order valence-electron chi connectivity index (χ1n) is 6.60. The molecule has 4 aromatic rings. The molecule has 2 aromatic heterocycles. The van der Waals surface area contributed by atoms with Crippen LogP contribution >= 0.6 is 0 Å². The fourth-order valence-corrected chi connectivity index (χ4v) is 2.58. The van der Waals surface area contributed by atoms with E-state index in [2.05, 4.69) is 9.97 Å². The van der Waals surface area contributed by atoms with Gasteiger partial charge in [-0.3, -0.25) is 0 Å². The molecule has 0 unspecified atom stereocenters. The SMILES string of the molecule is COc1cc2nc3[nH]c4ccccc4c3nc2cc1OC. The molecule has 0 fully saturated rings. The summed E-state index contributed by atoms with van der Waals surface area (Å²) in [5.41, 5.74) is 4.22. The second kappa shape index (κ2) is 4.34. The Morgan fingerprint density at radius 2 is 1.57 bits per heavy atom. The van der Waals surface area contributed by atoms with Crippen LogP contribution in [-0.2, 0) is 0 Å². The third-order valence-electron chi connectivity index (χ3n) is 3.60. The minimum absolute atomic E-state index is 0.648. The van der Waals surface area contributed by atoms with Crippen LogP contribution in [0.25, 0.3) is 33.1 Å². The van der Waals surface area contributed by atoms with Gasteiger partial charge in [0.1, 0.15) is 5.52 Å². The van der Waals surface area contributed by atoms with Crippen molar-refractivity contribution in [1.29, 1.82) is 0 Å². The lowest BCUT2D eigenvalue weighted by atomic mass is 10.2. The number of aromatic nitrogens is 3. The van der Waals surface area contributed by atoms with Crippen LogP contribution in [0.2, 0.25) is 0 Å². The second-order valence-corrected chi connectivity index (χ2v) is 4.79. The Morgan fingerprint density at radius 3 is 2.29 bits per heavy atom. The molecule has 0 bridgehead atoms. The largest absolute Gasteiger partial charge is 0.493 e. The Balaban J connectivity index is 2.12. The van der Waals surface area contributed by atoms with Crippen molar-refractivity contribution in [2.45, 2.75) is 0 Å². The molecule has 0 aliphatic heterocycles. The lowest BCUT2D eigenvalue weighted by Gasteiger charge is -2.08. The number of aromatic amines is 1. The Labute approximate surface area is 120 Å². The molecule has 21 heavy (non-hydrogen) atoms. The molecule has 0 saturated carbocycles. The Bertz CT molecular complexity index is 975. The molecule has 0 spiro atoms. The van der Waals surface area contributed by atoms with Gasteiger partial charge in [0.2, 0.25) is 0 Å². The fourth-order valence-electron chi connectivity index (χ4n) is 2.58. The second-order valence-electron chi connectivity index (χ2n) is 4.79. The average molecular weight is 279 g/mol. The van der Waals surface area contributed by atoms with E-state index in [0.717, 1.165) is 33.1 Å². The number of nitrogens with zero attached hydrogens (tertiary/aromatic N) is 2. The zero-order chi connectivity index (χ0) is 14.4. The maximum atomic E-state index is 5.32. The van der Waals surface area contributed by atoms with E-state index in [-0.39, 0.29) is 0 Å². The Kier molecular flexibility index (Phi) is 2.47. The lowest BCUT2D eigenvalue weighted by molar-refractivity contribution is 0.355. The number of hydrogen-bond donors (Lipinski definition) is 1. The molecule has 2 aromatic carbocycles. The molecule has 0 saturated heterocycles. The molecule has 5 heteroatoms. The van der Waals surface area contributed by atoms with E-state index >= 15 is 0 Å². The standard InChI is InChI=1S/C16H13N3O2/c1-20-13-7-11-12(8-14(13)21-2)19-16-15(17-11)9-5-3-4-6-10(9)18-16/h3-8H,1-2H3,(H,18,19). The van der Waals surface area contributed by atoms with Crippen molar-refractivity contribution in [3.8, 4) is 11.5 Å². The van der Waals surface area contributed by atoms with Crippen LogP contribution in [0.1, 0.15) is 0 Å². The number of rotatable bonds is 2. The summed E-state index contributed by atoms with van der Waals surface area (Å²) in [6.45, 7) is 0. The van der Waals surface area contributed by atoms with Gasteiger partial charge in [0, 0.05) is 23.0 Å². The number of nitrogens with one attached hydrogen (secondary N) is 1. The van der Waals surface area contributed by atoms with Crippen LogP contribution in [0.3, 0.4) is 0 Å². The average Bonchev–Trinajstić information content (AvgIpc) is 2.88. The summed E-state index contributed by atoms with van der Waals surface area (Å²) in [4.78, 5) is 12.7. The monoisotopic (exact) mass is 279 g/mol. The highest BCUT2D eigenvalue weighted by molar-refractivity contribution is 6.05. The molecule has 104 valence electrons. The summed E-state index contributed by atoms with van der Waals surface area (Å²) in [6.07, 6.45) is 0. The molecule has 0 atom stereocenters. The molecule has 2 heterocycles. The van der Waals surface area contributed by atoms with E-state index in [1.807, 2.05) is 36.4 Å². The third kappa shape index (κ3) is 1.71. The molecule has 0 aliphatic carbocycles. The van der Waals surface area contributed by atoms with Gasteiger partial charge in [0.05, 0.1) is 25.3 Å². The van der Waals surface area contributed by atoms with Crippen molar-refractivity contribution in [2.75, 3.05) is 14.2 Å². The van der Waals surface area contributed by atoms with E-state index in [0.29, 0.717) is 11.5 Å². The van der Waals surface area contributed by atoms with E-state index in [9.17, 15) is 0 Å². The van der Waals surface area contributed by atoms with Crippen molar-refractivity contribution in [3.05, 3.63) is 36.4 Å². The minimum Gasteiger partial charge on any atom is -0.493 e. The normalized spacial score (nSPS) is 11.3. The number of ether oxygens (including phenoxy) is 2. The first-order chi connectivity index (χ1) is 10.3. The van der Waals surface area contributed by atoms with Crippen LogP contribution < -0.4 is 9.47 Å². The molecule has 4 rings (SSSR count). The number of H-pyrrole nitrogens is 1. The highest BCUT2D eigenvalue weighted by atomic mass is 16.5. The van der Waals surface area contributed by atoms with Crippen LogP contribution in [0.4, 0.5) is 0 Å². The van der Waals surface area contributed by atoms with Crippen molar-refractivity contribution in [2.24, 2.45) is 0 Å². The van der Waals surface area contributed by atoms with E-state index in [1.54, 1.807) is 14.2 Å². The van der Waals surface area contributed by atoms with Gasteiger partial charge in [0.15, 0.2) is 17.1 Å². The predicted octanol–water partition coefficient (Wildman–Crippen LogP) is 3.28. The molecular weight excluding hydrogens is 266 g/mol. The van der Waals surface area contributed by atoms with Crippen molar-refractivity contribution in [1.82, 2.24) is 15.0 Å². The molecule has 0 amide bonds. The topological polar surface area (TPSA) is 60.0 Å². The van der Waals surface area contributed by atoms with Crippen LogP contribution in [0.15, 0.2) is 36.4 Å². The number of para-hydroxylation sites is 1. The minimum atomic E-state index is 0.648. The van der Waals surface area contributed by atoms with E-state index in [1.165, 1.54) is 0 Å². The molecular formula is C16H13N3O2. The molecule has 5 nitrogen and oxygen atoms in total. The zero-order valence-corrected chi connectivity index (χ0v) is 11.7. The molecule has 0 aliphatic rings. The summed E-state index contributed by atoms with van der Waals surface area (Å²) in [5, 5.41) is 1.07. The summed E-state index contributed by atoms with van der Waals surface area (Å²) < 4.78 is 10.6. The quantitative estimate of drug-likeness (QED) is 0.611. The lowest BCUT2D eigenvalue weighted by Crippen LogP contribution is -1.93. The number of hydrogen-bond acceptors (Lipinski definition) is 4. The summed E-state index contributed by atoms with van der Waals surface area (Å²) in [7, 11) is 3.22. The van der Waals surface area contributed by atoms with Gasteiger partial charge in [-0.15, -0.1) is 0 Å². The van der Waals surface area contributed by atoms with Gasteiger partial charge in [-0.2, -0.15) is 0 Å². The van der Waals surface area contributed by atoms with Gasteiger partial charge < -0.3 is 14.5 Å². The highest BCUT2D eigenvalue weighted by Crippen LogP contribution is 2.32. The zero-order valence-electron chi connectivity index (χ0n) is 11.7. The number of methoxy groups -OCH3 is 2. The predicted molar refractivity (Wildman–Crippen MR) is 82.0 cm³/mol. The fraction of sp³-hybridized carbons (Fsp3) is 0.125. The van der Waals surface area contributed by atoms with E-state index < -0.39 is 0 Å². The summed E-state index contributed by atoms with van der Waals surface area (Å²) in [5.74, 6) is 1.30. The highest BCUT2D eigenvalue weighted by Gasteiger charge is 2.12.